The summed E-state index contributed by atoms with van der Waals surface area (Å²) in [6, 6.07) is 65.0. The van der Waals surface area contributed by atoms with E-state index in [2.05, 4.69) is 151 Å². The van der Waals surface area contributed by atoms with Gasteiger partial charge in [0.05, 0.1) is 28.1 Å². The standard InChI is InChI=1S/C52H32N4O/c1-3-12-33(13-4-1)39-29-40(42-20-10-21-44-43-19-7-8-22-48(43)57-51(42)44)31-41(30-39)47-32-46(55-52(56-47)36-14-5-2-6-15-36)38-17-9-16-37(28-38)45-26-25-35-24-23-34-18-11-27-53-49(34)50(35)54-45/h1-32H. The highest BCUT2D eigenvalue weighted by Crippen LogP contribution is 2.40. The van der Waals surface area contributed by atoms with Gasteiger partial charge in [-0.2, -0.15) is 0 Å². The fraction of sp³-hybridized carbons (Fsp3) is 0. The highest BCUT2D eigenvalue weighted by molar-refractivity contribution is 6.10. The zero-order valence-electron chi connectivity index (χ0n) is 30.7. The number of hydrogen-bond donors (Lipinski definition) is 0. The fourth-order valence-electron chi connectivity index (χ4n) is 7.88. The van der Waals surface area contributed by atoms with E-state index in [4.69, 9.17) is 19.4 Å². The zero-order chi connectivity index (χ0) is 37.7. The molecule has 0 saturated heterocycles. The van der Waals surface area contributed by atoms with Gasteiger partial charge < -0.3 is 4.42 Å². The van der Waals surface area contributed by atoms with Gasteiger partial charge in [0.2, 0.25) is 0 Å². The van der Waals surface area contributed by atoms with E-state index in [1.54, 1.807) is 0 Å². The van der Waals surface area contributed by atoms with Crippen LogP contribution in [-0.2, 0) is 0 Å². The summed E-state index contributed by atoms with van der Waals surface area (Å²) in [5.74, 6) is 0.654. The predicted octanol–water partition coefficient (Wildman–Crippen LogP) is 13.5. The van der Waals surface area contributed by atoms with Crippen molar-refractivity contribution in [2.45, 2.75) is 0 Å². The first-order valence-corrected chi connectivity index (χ1v) is 19.0. The van der Waals surface area contributed by atoms with E-state index < -0.39 is 0 Å². The Morgan fingerprint density at radius 1 is 0.351 bits per heavy atom. The number of aromatic nitrogens is 4. The molecule has 0 amide bonds. The van der Waals surface area contributed by atoms with Crippen LogP contribution in [0, 0.1) is 0 Å². The number of benzene rings is 7. The van der Waals surface area contributed by atoms with Crippen LogP contribution in [0.2, 0.25) is 0 Å². The Balaban J connectivity index is 1.09. The molecule has 0 spiro atoms. The molecule has 7 aromatic carbocycles. The third-order valence-corrected chi connectivity index (χ3v) is 10.7. The predicted molar refractivity (Wildman–Crippen MR) is 233 cm³/mol. The number of nitrogens with zero attached hydrogens (tertiary/aromatic N) is 4. The van der Waals surface area contributed by atoms with Gasteiger partial charge >= 0.3 is 0 Å². The van der Waals surface area contributed by atoms with Crippen molar-refractivity contribution in [3.8, 4) is 67.4 Å². The molecule has 0 saturated carbocycles. The second kappa shape index (κ2) is 13.5. The van der Waals surface area contributed by atoms with Gasteiger partial charge in [0.1, 0.15) is 11.2 Å². The molecule has 0 atom stereocenters. The van der Waals surface area contributed by atoms with Crippen LogP contribution in [0.1, 0.15) is 0 Å². The van der Waals surface area contributed by atoms with Gasteiger partial charge in [0, 0.05) is 55.6 Å². The van der Waals surface area contributed by atoms with Crippen molar-refractivity contribution >= 4 is 43.7 Å². The first kappa shape index (κ1) is 32.7. The van der Waals surface area contributed by atoms with Crippen LogP contribution in [0.5, 0.6) is 0 Å². The lowest BCUT2D eigenvalue weighted by Crippen LogP contribution is -1.97. The molecule has 0 aliphatic rings. The minimum atomic E-state index is 0.654. The number of furan rings is 1. The number of rotatable bonds is 6. The van der Waals surface area contributed by atoms with E-state index in [0.29, 0.717) is 5.82 Å². The van der Waals surface area contributed by atoms with Gasteiger partial charge in [-0.3, -0.25) is 4.98 Å². The molecule has 0 aliphatic carbocycles. The molecular formula is C52H32N4O. The maximum atomic E-state index is 6.54. The minimum Gasteiger partial charge on any atom is -0.455 e. The lowest BCUT2D eigenvalue weighted by molar-refractivity contribution is 0.670. The highest BCUT2D eigenvalue weighted by atomic mass is 16.3. The maximum absolute atomic E-state index is 6.54. The quantitative estimate of drug-likeness (QED) is 0.160. The third-order valence-electron chi connectivity index (χ3n) is 10.7. The Labute approximate surface area is 328 Å². The largest absolute Gasteiger partial charge is 0.455 e. The molecule has 0 radical (unpaired) electrons. The highest BCUT2D eigenvalue weighted by Gasteiger charge is 2.17. The molecule has 4 aromatic heterocycles. The molecular weight excluding hydrogens is 697 g/mol. The van der Waals surface area contributed by atoms with Crippen LogP contribution in [-0.4, -0.2) is 19.9 Å². The van der Waals surface area contributed by atoms with Crippen molar-refractivity contribution in [1.29, 1.82) is 0 Å². The zero-order valence-corrected chi connectivity index (χ0v) is 30.7. The van der Waals surface area contributed by atoms with Gasteiger partial charge in [0.25, 0.3) is 0 Å². The van der Waals surface area contributed by atoms with E-state index >= 15 is 0 Å². The minimum absolute atomic E-state index is 0.654. The summed E-state index contributed by atoms with van der Waals surface area (Å²) >= 11 is 0. The molecule has 4 heterocycles. The average molecular weight is 729 g/mol. The third kappa shape index (κ3) is 5.90. The van der Waals surface area contributed by atoms with Gasteiger partial charge in [-0.15, -0.1) is 0 Å². The van der Waals surface area contributed by atoms with E-state index in [1.165, 1.54) is 0 Å². The Morgan fingerprint density at radius 3 is 1.81 bits per heavy atom. The van der Waals surface area contributed by atoms with Crippen molar-refractivity contribution in [3.63, 3.8) is 0 Å². The molecule has 0 N–H and O–H groups in total. The smallest absolute Gasteiger partial charge is 0.160 e. The maximum Gasteiger partial charge on any atom is 0.160 e. The number of para-hydroxylation sites is 2. The summed E-state index contributed by atoms with van der Waals surface area (Å²) in [4.78, 5) is 20.3. The Kier molecular flexibility index (Phi) is 7.74. The van der Waals surface area contributed by atoms with E-state index in [0.717, 1.165) is 105 Å². The topological polar surface area (TPSA) is 64.7 Å². The first-order chi connectivity index (χ1) is 28.2. The van der Waals surface area contributed by atoms with Crippen molar-refractivity contribution in [2.75, 3.05) is 0 Å². The fourth-order valence-corrected chi connectivity index (χ4v) is 7.88. The van der Waals surface area contributed by atoms with Gasteiger partial charge in [-0.05, 0) is 65.2 Å². The van der Waals surface area contributed by atoms with Crippen molar-refractivity contribution in [2.24, 2.45) is 0 Å². The van der Waals surface area contributed by atoms with Crippen molar-refractivity contribution in [3.05, 3.63) is 194 Å². The average Bonchev–Trinajstić information content (AvgIpc) is 3.68. The van der Waals surface area contributed by atoms with E-state index in [9.17, 15) is 0 Å². The van der Waals surface area contributed by atoms with E-state index in [1.807, 2.05) is 48.7 Å². The van der Waals surface area contributed by atoms with Gasteiger partial charge in [-0.25, -0.2) is 15.0 Å². The number of fused-ring (bicyclic) bond motifs is 6. The second-order valence-electron chi connectivity index (χ2n) is 14.3. The van der Waals surface area contributed by atoms with Crippen LogP contribution in [0.4, 0.5) is 0 Å². The normalized spacial score (nSPS) is 11.5. The SMILES string of the molecule is c1ccc(-c2cc(-c3cc(-c4cccc(-c5ccc6ccc7cccnc7c6n5)c4)nc(-c4ccccc4)n3)cc(-c3cccc4c3oc3ccccc34)c2)cc1. The molecule has 11 aromatic rings. The summed E-state index contributed by atoms with van der Waals surface area (Å²) in [5.41, 5.74) is 14.2. The molecule has 5 heteroatoms. The molecule has 0 fully saturated rings. The van der Waals surface area contributed by atoms with Crippen molar-refractivity contribution in [1.82, 2.24) is 19.9 Å². The summed E-state index contributed by atoms with van der Waals surface area (Å²) in [6.45, 7) is 0. The second-order valence-corrected chi connectivity index (χ2v) is 14.3. The summed E-state index contributed by atoms with van der Waals surface area (Å²) < 4.78 is 6.54. The lowest BCUT2D eigenvalue weighted by Gasteiger charge is -2.14. The Bertz CT molecular complexity index is 3300. The van der Waals surface area contributed by atoms with Crippen LogP contribution < -0.4 is 0 Å². The first-order valence-electron chi connectivity index (χ1n) is 19.0. The monoisotopic (exact) mass is 728 g/mol. The molecule has 0 bridgehead atoms. The Morgan fingerprint density at radius 2 is 0.965 bits per heavy atom. The van der Waals surface area contributed by atoms with Crippen LogP contribution in [0.15, 0.2) is 199 Å². The van der Waals surface area contributed by atoms with Crippen LogP contribution >= 0.6 is 0 Å². The summed E-state index contributed by atoms with van der Waals surface area (Å²) in [7, 11) is 0. The van der Waals surface area contributed by atoms with Crippen LogP contribution in [0.3, 0.4) is 0 Å². The van der Waals surface area contributed by atoms with E-state index in [-0.39, 0.29) is 0 Å². The van der Waals surface area contributed by atoms with Gasteiger partial charge in [-0.1, -0.05) is 140 Å². The number of pyridine rings is 2. The van der Waals surface area contributed by atoms with Crippen molar-refractivity contribution < 1.29 is 4.42 Å². The number of hydrogen-bond acceptors (Lipinski definition) is 5. The molecule has 57 heavy (non-hydrogen) atoms. The summed E-state index contributed by atoms with van der Waals surface area (Å²) in [5, 5.41) is 4.32. The Hall–Kier alpha value is -7.76. The van der Waals surface area contributed by atoms with Gasteiger partial charge in [0.15, 0.2) is 5.82 Å². The van der Waals surface area contributed by atoms with Crippen LogP contribution in [0.25, 0.3) is 111 Å². The molecule has 0 aliphatic heterocycles. The molecule has 5 nitrogen and oxygen atoms in total. The molecule has 11 rings (SSSR count). The summed E-state index contributed by atoms with van der Waals surface area (Å²) in [6.07, 6.45) is 1.82. The lowest BCUT2D eigenvalue weighted by atomic mass is 9.93. The molecule has 266 valence electrons. The molecule has 0 unspecified atom stereocenters.